The highest BCUT2D eigenvalue weighted by molar-refractivity contribution is 7.89. The van der Waals surface area contributed by atoms with Crippen LogP contribution in [0.2, 0.25) is 0 Å². The van der Waals surface area contributed by atoms with Gasteiger partial charge in [0.1, 0.15) is 6.07 Å². The van der Waals surface area contributed by atoms with Crippen LogP contribution in [0.1, 0.15) is 24.1 Å². The van der Waals surface area contributed by atoms with Crippen LogP contribution in [-0.2, 0) is 14.8 Å². The molecule has 1 aliphatic rings. The lowest BCUT2D eigenvalue weighted by Gasteiger charge is -2.30. The van der Waals surface area contributed by atoms with Crippen LogP contribution in [0, 0.1) is 24.2 Å². The summed E-state index contributed by atoms with van der Waals surface area (Å²) in [5, 5.41) is 16.5. The van der Waals surface area contributed by atoms with Crippen molar-refractivity contribution in [1.82, 2.24) is 14.1 Å². The molecular weight excluding hydrogens is 426 g/mol. The summed E-state index contributed by atoms with van der Waals surface area (Å²) in [6.45, 7) is 2.41. The number of nitrogens with zero attached hydrogens (tertiary/aromatic N) is 4. The van der Waals surface area contributed by atoms with Gasteiger partial charge in [0.25, 0.3) is 0 Å². The molecule has 1 aliphatic heterocycles. The number of nitrogens with one attached hydrogen (secondary N) is 1. The van der Waals surface area contributed by atoms with Gasteiger partial charge in [0.05, 0.1) is 16.1 Å². The second kappa shape index (κ2) is 8.94. The lowest BCUT2D eigenvalue weighted by Crippen LogP contribution is -2.41. The number of rotatable bonds is 5. The van der Waals surface area contributed by atoms with Crippen molar-refractivity contribution in [1.29, 1.82) is 5.26 Å². The van der Waals surface area contributed by atoms with E-state index in [1.54, 1.807) is 23.0 Å². The summed E-state index contributed by atoms with van der Waals surface area (Å²) < 4.78 is 29.1. The maximum absolute atomic E-state index is 13.0. The van der Waals surface area contributed by atoms with Crippen molar-refractivity contribution in [3.8, 4) is 11.8 Å². The molecule has 0 atom stereocenters. The number of amides is 1. The SMILES string of the molecule is Cc1ccnn1-c1cccc(NC(=O)C2CCN(S(=O)(=O)c3ccccc3C#N)CC2)c1. The lowest BCUT2D eigenvalue weighted by molar-refractivity contribution is -0.120. The molecule has 0 radical (unpaired) electrons. The summed E-state index contributed by atoms with van der Waals surface area (Å²) >= 11 is 0. The van der Waals surface area contributed by atoms with Crippen molar-refractivity contribution in [2.45, 2.75) is 24.7 Å². The molecule has 1 fully saturated rings. The van der Waals surface area contributed by atoms with Crippen LogP contribution in [0.5, 0.6) is 0 Å². The second-order valence-corrected chi connectivity index (χ2v) is 9.62. The molecule has 4 rings (SSSR count). The van der Waals surface area contributed by atoms with Gasteiger partial charge >= 0.3 is 0 Å². The number of carbonyl (C=O) groups is 1. The molecule has 2 aromatic carbocycles. The molecule has 0 saturated carbocycles. The first-order chi connectivity index (χ1) is 15.4. The Balaban J connectivity index is 1.41. The molecule has 1 amide bonds. The molecule has 0 bridgehead atoms. The third kappa shape index (κ3) is 4.28. The highest BCUT2D eigenvalue weighted by atomic mass is 32.2. The van der Waals surface area contributed by atoms with Crippen LogP contribution in [-0.4, -0.2) is 41.5 Å². The van der Waals surface area contributed by atoms with Crippen LogP contribution in [0.4, 0.5) is 5.69 Å². The molecule has 0 aliphatic carbocycles. The number of aryl methyl sites for hydroxylation is 1. The van der Waals surface area contributed by atoms with E-state index in [9.17, 15) is 18.5 Å². The van der Waals surface area contributed by atoms with Gasteiger partial charge in [-0.3, -0.25) is 4.79 Å². The number of carbonyl (C=O) groups excluding carboxylic acids is 1. The average molecular weight is 450 g/mol. The van der Waals surface area contributed by atoms with Gasteiger partial charge in [-0.05, 0) is 56.2 Å². The van der Waals surface area contributed by atoms with Gasteiger partial charge in [-0.25, -0.2) is 13.1 Å². The molecule has 32 heavy (non-hydrogen) atoms. The van der Waals surface area contributed by atoms with E-state index in [1.165, 1.54) is 16.4 Å². The molecule has 1 aromatic heterocycles. The van der Waals surface area contributed by atoms with Gasteiger partial charge in [-0.2, -0.15) is 14.7 Å². The van der Waals surface area contributed by atoms with E-state index in [1.807, 2.05) is 43.3 Å². The smallest absolute Gasteiger partial charge is 0.244 e. The Morgan fingerprint density at radius 2 is 1.88 bits per heavy atom. The fourth-order valence-corrected chi connectivity index (χ4v) is 5.49. The van der Waals surface area contributed by atoms with E-state index in [2.05, 4.69) is 10.4 Å². The standard InChI is InChI=1S/C23H23N5O3S/c1-17-9-12-25-28(17)21-7-4-6-20(15-21)26-23(29)18-10-13-27(14-11-18)32(30,31)22-8-3-2-5-19(22)16-24/h2-9,12,15,18H,10-11,13-14H2,1H3,(H,26,29). The van der Waals surface area contributed by atoms with Gasteiger partial charge in [-0.1, -0.05) is 18.2 Å². The zero-order valence-electron chi connectivity index (χ0n) is 17.6. The van der Waals surface area contributed by atoms with Crippen molar-refractivity contribution in [3.63, 3.8) is 0 Å². The van der Waals surface area contributed by atoms with Gasteiger partial charge in [0, 0.05) is 36.6 Å². The van der Waals surface area contributed by atoms with Crippen molar-refractivity contribution in [2.75, 3.05) is 18.4 Å². The summed E-state index contributed by atoms with van der Waals surface area (Å²) in [6, 6.07) is 17.5. The van der Waals surface area contributed by atoms with Gasteiger partial charge in [-0.15, -0.1) is 0 Å². The number of nitriles is 1. The zero-order valence-corrected chi connectivity index (χ0v) is 18.4. The average Bonchev–Trinajstić information content (AvgIpc) is 3.25. The Labute approximate surface area is 187 Å². The summed E-state index contributed by atoms with van der Waals surface area (Å²) in [5.41, 5.74) is 2.63. The zero-order chi connectivity index (χ0) is 22.7. The number of aromatic nitrogens is 2. The number of piperidine rings is 1. The highest BCUT2D eigenvalue weighted by Crippen LogP contribution is 2.27. The maximum Gasteiger partial charge on any atom is 0.244 e. The minimum atomic E-state index is -3.78. The maximum atomic E-state index is 13.0. The summed E-state index contributed by atoms with van der Waals surface area (Å²) in [4.78, 5) is 12.8. The fourth-order valence-electron chi connectivity index (χ4n) is 3.88. The van der Waals surface area contributed by atoms with Crippen LogP contribution >= 0.6 is 0 Å². The number of benzene rings is 2. The van der Waals surface area contributed by atoms with E-state index in [0.717, 1.165) is 11.4 Å². The number of sulfonamides is 1. The van der Waals surface area contributed by atoms with Crippen LogP contribution < -0.4 is 5.32 Å². The molecule has 2 heterocycles. The molecule has 0 unspecified atom stereocenters. The Morgan fingerprint density at radius 3 is 2.56 bits per heavy atom. The highest BCUT2D eigenvalue weighted by Gasteiger charge is 2.33. The van der Waals surface area contributed by atoms with Crippen molar-refractivity contribution < 1.29 is 13.2 Å². The van der Waals surface area contributed by atoms with E-state index in [4.69, 9.17) is 0 Å². The third-order valence-electron chi connectivity index (χ3n) is 5.64. The summed E-state index contributed by atoms with van der Waals surface area (Å²) in [6.07, 6.45) is 2.55. The molecule has 3 aromatic rings. The summed E-state index contributed by atoms with van der Waals surface area (Å²) in [7, 11) is -3.78. The van der Waals surface area contributed by atoms with E-state index >= 15 is 0 Å². The van der Waals surface area contributed by atoms with E-state index in [0.29, 0.717) is 18.5 Å². The predicted molar refractivity (Wildman–Crippen MR) is 120 cm³/mol. The van der Waals surface area contributed by atoms with Crippen LogP contribution in [0.15, 0.2) is 65.7 Å². The molecule has 164 valence electrons. The normalized spacial score (nSPS) is 15.2. The molecule has 1 N–H and O–H groups in total. The predicted octanol–water partition coefficient (Wildman–Crippen LogP) is 3.09. The first kappa shape index (κ1) is 21.7. The Bertz CT molecular complexity index is 1280. The summed E-state index contributed by atoms with van der Waals surface area (Å²) in [5.74, 6) is -0.420. The van der Waals surface area contributed by atoms with Gasteiger partial charge in [0.15, 0.2) is 0 Å². The van der Waals surface area contributed by atoms with Crippen molar-refractivity contribution in [3.05, 3.63) is 72.1 Å². The fraction of sp³-hybridized carbons (Fsp3) is 0.261. The van der Waals surface area contributed by atoms with Crippen molar-refractivity contribution in [2.24, 2.45) is 5.92 Å². The first-order valence-corrected chi connectivity index (χ1v) is 11.8. The van der Waals surface area contributed by atoms with E-state index < -0.39 is 10.0 Å². The number of hydrogen-bond acceptors (Lipinski definition) is 5. The van der Waals surface area contributed by atoms with Crippen LogP contribution in [0.25, 0.3) is 5.69 Å². The number of hydrogen-bond donors (Lipinski definition) is 1. The number of anilines is 1. The quantitative estimate of drug-likeness (QED) is 0.644. The van der Waals surface area contributed by atoms with E-state index in [-0.39, 0.29) is 35.4 Å². The van der Waals surface area contributed by atoms with Crippen molar-refractivity contribution >= 4 is 21.6 Å². The Hall–Kier alpha value is -3.48. The third-order valence-corrected chi connectivity index (χ3v) is 7.60. The van der Waals surface area contributed by atoms with Gasteiger partial charge in [0.2, 0.25) is 15.9 Å². The topological polar surface area (TPSA) is 108 Å². The largest absolute Gasteiger partial charge is 0.326 e. The molecule has 9 heteroatoms. The Kier molecular flexibility index (Phi) is 6.08. The minimum absolute atomic E-state index is 0.0103. The monoisotopic (exact) mass is 449 g/mol. The first-order valence-electron chi connectivity index (χ1n) is 10.3. The molecule has 0 spiro atoms. The minimum Gasteiger partial charge on any atom is -0.326 e. The Morgan fingerprint density at radius 1 is 1.12 bits per heavy atom. The molecule has 1 saturated heterocycles. The molecule has 8 nitrogen and oxygen atoms in total. The van der Waals surface area contributed by atoms with Crippen LogP contribution in [0.3, 0.4) is 0 Å². The van der Waals surface area contributed by atoms with Gasteiger partial charge < -0.3 is 5.32 Å². The lowest BCUT2D eigenvalue weighted by atomic mass is 9.97. The second-order valence-electron chi connectivity index (χ2n) is 7.71. The molecular formula is C23H23N5O3S.